The van der Waals surface area contributed by atoms with Gasteiger partial charge in [-0.05, 0) is 164 Å². The van der Waals surface area contributed by atoms with E-state index in [1.165, 1.54) is 77.0 Å². The molecule has 3 aromatic carbocycles. The van der Waals surface area contributed by atoms with Crippen LogP contribution in [0.2, 0.25) is 0 Å². The normalized spacial score (nSPS) is 22.4. The van der Waals surface area contributed by atoms with E-state index in [-0.39, 0.29) is 36.8 Å². The first-order valence-corrected chi connectivity index (χ1v) is 32.3. The number of nitrogens with one attached hydrogen (secondary N) is 4. The number of carbonyl (C=O) groups excluding carboxylic acids is 4. The van der Waals surface area contributed by atoms with Crippen molar-refractivity contribution in [3.8, 4) is 0 Å². The van der Waals surface area contributed by atoms with Gasteiger partial charge in [0, 0.05) is 36.3 Å². The van der Waals surface area contributed by atoms with Crippen molar-refractivity contribution >= 4 is 58.0 Å². The minimum atomic E-state index is -3.11. The molecule has 486 valence electrons. The smallest absolute Gasteiger partial charge is 0.425 e. The average molecular weight is 1270 g/mol. The van der Waals surface area contributed by atoms with E-state index < -0.39 is 26.8 Å². The molecular weight excluding hydrogens is 1160 g/mol. The summed E-state index contributed by atoms with van der Waals surface area (Å²) in [5.41, 5.74) is 13.8. The fraction of sp³-hybridized carbons (Fsp3) is 0.651. The van der Waals surface area contributed by atoms with E-state index >= 15 is 0 Å². The van der Waals surface area contributed by atoms with Crippen LogP contribution in [0, 0.1) is 23.7 Å². The maximum Gasteiger partial charge on any atom is 0.425 e. The topological polar surface area (TPSA) is 308 Å². The lowest BCUT2D eigenvalue weighted by atomic mass is 10.1. The summed E-state index contributed by atoms with van der Waals surface area (Å²) in [5.74, 6) is 3.06. The van der Waals surface area contributed by atoms with Crippen LogP contribution in [0.25, 0.3) is 0 Å². The van der Waals surface area contributed by atoms with Gasteiger partial charge in [-0.15, -0.1) is 37.7 Å². The van der Waals surface area contributed by atoms with Gasteiger partial charge in [-0.25, -0.2) is 19.2 Å². The summed E-state index contributed by atoms with van der Waals surface area (Å²) in [6.45, 7) is 15.6. The molecule has 0 bridgehead atoms. The van der Waals surface area contributed by atoms with Gasteiger partial charge in [-0.2, -0.15) is 0 Å². The maximum absolute atomic E-state index is 11.5. The molecule has 6 aliphatic carbocycles. The Hall–Kier alpha value is -5.81. The molecular formula is C63H101ClN6O14S2. The molecule has 6 aliphatic rings. The number of hydrogen-bond donors (Lipinski definition) is 6. The van der Waals surface area contributed by atoms with Crippen molar-refractivity contribution in [3.63, 3.8) is 0 Å². The molecule has 0 spiro atoms. The van der Waals surface area contributed by atoms with Crippen LogP contribution in [-0.2, 0) is 60.0 Å². The van der Waals surface area contributed by atoms with Gasteiger partial charge in [0.25, 0.3) is 0 Å². The number of hydrogen-bond acceptors (Lipinski definition) is 16. The van der Waals surface area contributed by atoms with E-state index in [0.29, 0.717) is 56.1 Å². The Morgan fingerprint density at radius 1 is 0.407 bits per heavy atom. The number of alkyl carbamates (subject to hydrolysis) is 4. The lowest BCUT2D eigenvalue weighted by molar-refractivity contribution is 0.0504. The highest BCUT2D eigenvalue weighted by Gasteiger charge is 2.26. The highest BCUT2D eigenvalue weighted by Crippen LogP contribution is 2.27. The van der Waals surface area contributed by atoms with Gasteiger partial charge in [-0.3, -0.25) is 0 Å². The first kappa shape index (κ1) is 78.2. The van der Waals surface area contributed by atoms with Gasteiger partial charge in [0.15, 0.2) is 0 Å². The quantitative estimate of drug-likeness (QED) is 0.103. The fourth-order valence-corrected chi connectivity index (χ4v) is 10.6. The van der Waals surface area contributed by atoms with Crippen LogP contribution in [0.4, 0.5) is 19.2 Å². The van der Waals surface area contributed by atoms with E-state index in [0.717, 1.165) is 91.7 Å². The van der Waals surface area contributed by atoms with Crippen molar-refractivity contribution in [1.82, 2.24) is 21.3 Å². The highest BCUT2D eigenvalue weighted by atomic mass is 35.5. The Balaban J connectivity index is 0.000000514. The van der Waals surface area contributed by atoms with Crippen molar-refractivity contribution in [1.29, 1.82) is 0 Å². The Morgan fingerprint density at radius 3 is 0.919 bits per heavy atom. The molecule has 8 atom stereocenters. The average Bonchev–Trinajstić information content (AvgIpc) is 4.35. The van der Waals surface area contributed by atoms with E-state index in [2.05, 4.69) is 49.0 Å². The molecule has 0 heterocycles. The van der Waals surface area contributed by atoms with E-state index in [4.69, 9.17) is 55.7 Å². The van der Waals surface area contributed by atoms with Gasteiger partial charge in [-0.1, -0.05) is 144 Å². The Kier molecular flexibility index (Phi) is 41.3. The summed E-state index contributed by atoms with van der Waals surface area (Å²) >= 11 is 0. The van der Waals surface area contributed by atoms with Crippen molar-refractivity contribution in [3.05, 3.63) is 108 Å². The van der Waals surface area contributed by atoms with Crippen LogP contribution >= 0.6 is 12.4 Å². The molecule has 6 fully saturated rings. The van der Waals surface area contributed by atoms with Gasteiger partial charge in [0.1, 0.15) is 25.4 Å². The minimum Gasteiger partial charge on any atom is -0.445 e. The third-order valence-corrected chi connectivity index (χ3v) is 14.9. The number of halogens is 1. The SMILES string of the molecule is CC1CCC(N)C1.CC1CCC(NC(=O)OC(C)(C)C)C1.CC1CCC(NC(=O)OCc2ccccc2)C1.CC1CCC(NC(=O)OCc2ccccc2)C1.Cl.NC1CCCC1.O=C(NC1CCCC1)OCc1ccccc1.O=S(=O)=O.O=S(=O)=O. The zero-order chi connectivity index (χ0) is 63.0. The van der Waals surface area contributed by atoms with Crippen LogP contribution in [-0.4, -0.2) is 91.5 Å². The minimum absolute atomic E-state index is 0. The molecule has 4 amide bonds. The van der Waals surface area contributed by atoms with Gasteiger partial charge in [0.05, 0.1) is 0 Å². The van der Waals surface area contributed by atoms with E-state index in [1.807, 2.05) is 112 Å². The van der Waals surface area contributed by atoms with Crippen molar-refractivity contribution in [2.45, 2.75) is 239 Å². The molecule has 0 aromatic heterocycles. The summed E-state index contributed by atoms with van der Waals surface area (Å²) in [6.07, 6.45) is 22.6. The predicted octanol–water partition coefficient (Wildman–Crippen LogP) is 12.2. The summed E-state index contributed by atoms with van der Waals surface area (Å²) < 4.78 is 71.3. The highest BCUT2D eigenvalue weighted by molar-refractivity contribution is 7.59. The number of amides is 4. The van der Waals surface area contributed by atoms with Gasteiger partial charge in [0.2, 0.25) is 0 Å². The van der Waals surface area contributed by atoms with E-state index in [9.17, 15) is 19.2 Å². The first-order chi connectivity index (χ1) is 40.3. The predicted molar refractivity (Wildman–Crippen MR) is 335 cm³/mol. The summed E-state index contributed by atoms with van der Waals surface area (Å²) in [5, 5.41) is 11.6. The lowest BCUT2D eigenvalue weighted by Crippen LogP contribution is -2.37. The molecule has 20 nitrogen and oxygen atoms in total. The summed E-state index contributed by atoms with van der Waals surface area (Å²) in [7, 11) is -6.22. The number of carbonyl (C=O) groups is 4. The molecule has 0 saturated heterocycles. The number of rotatable bonds is 10. The number of ether oxygens (including phenoxy) is 4. The summed E-state index contributed by atoms with van der Waals surface area (Å²) in [6, 6.07) is 31.5. The van der Waals surface area contributed by atoms with Gasteiger partial charge >= 0.3 is 45.6 Å². The van der Waals surface area contributed by atoms with Crippen molar-refractivity contribution in [2.24, 2.45) is 35.1 Å². The monoisotopic (exact) mass is 1260 g/mol. The molecule has 9 rings (SSSR count). The molecule has 3 aromatic rings. The zero-order valence-electron chi connectivity index (χ0n) is 51.8. The largest absolute Gasteiger partial charge is 0.445 e. The van der Waals surface area contributed by atoms with Gasteiger partial charge < -0.3 is 51.7 Å². The molecule has 23 heteroatoms. The third-order valence-electron chi connectivity index (χ3n) is 14.9. The van der Waals surface area contributed by atoms with Crippen LogP contribution in [0.1, 0.15) is 194 Å². The second-order valence-electron chi connectivity index (χ2n) is 24.2. The standard InChI is InChI=1S/2C14H19NO2.C13H17NO2.C11H21NO2.C6H13N.C5H11N.ClH.2O3S/c2*1-11-7-8-13(9-11)15-14(16)17-10-12-5-3-2-4-6-12;15-13(14-12-8-4-5-9-12)16-10-11-6-2-1-3-7-11;1-8-5-6-9(7-8)12-10(13)14-11(2,3)4;1-5-2-3-6(7)4-5;6-5-3-1-2-4-5;;2*1-4(2)3/h2*2-6,11,13H,7-10H2,1H3,(H,15,16);1-3,6-7,12H,4-5,8-10H2,(H,14,15);8-9H,5-7H2,1-4H3,(H,12,13);5-6H,2-4,7H2,1H3;5H,1-4,6H2;1H;;. The van der Waals surface area contributed by atoms with Crippen LogP contribution < -0.4 is 32.7 Å². The molecule has 8 unspecified atom stereocenters. The van der Waals surface area contributed by atoms with Crippen molar-refractivity contribution in [2.75, 3.05) is 0 Å². The molecule has 6 saturated carbocycles. The first-order valence-electron chi connectivity index (χ1n) is 30.3. The van der Waals surface area contributed by atoms with Crippen LogP contribution in [0.15, 0.2) is 91.0 Å². The van der Waals surface area contributed by atoms with Crippen LogP contribution in [0.3, 0.4) is 0 Å². The maximum atomic E-state index is 11.5. The second-order valence-corrected chi connectivity index (χ2v) is 25.0. The van der Waals surface area contributed by atoms with E-state index in [1.54, 1.807) is 0 Å². The zero-order valence-corrected chi connectivity index (χ0v) is 54.2. The summed E-state index contributed by atoms with van der Waals surface area (Å²) in [4.78, 5) is 45.9. The Labute approximate surface area is 521 Å². The molecule has 0 aliphatic heterocycles. The lowest BCUT2D eigenvalue weighted by Gasteiger charge is -2.21. The fourth-order valence-electron chi connectivity index (χ4n) is 10.6. The Morgan fingerprint density at radius 2 is 0.686 bits per heavy atom. The molecule has 0 radical (unpaired) electrons. The molecule has 86 heavy (non-hydrogen) atoms. The molecule has 8 N–H and O–H groups in total. The van der Waals surface area contributed by atoms with Crippen molar-refractivity contribution < 1.29 is 63.4 Å². The number of benzene rings is 3. The van der Waals surface area contributed by atoms with Crippen LogP contribution in [0.5, 0.6) is 0 Å². The Bertz CT molecular complexity index is 2420. The third kappa shape index (κ3) is 42.9. The number of nitrogens with two attached hydrogens (primary N) is 2. The second kappa shape index (κ2) is 45.5.